The quantitative estimate of drug-likeness (QED) is 0.756. The lowest BCUT2D eigenvalue weighted by Gasteiger charge is -2.19. The number of hydrogen-bond donors (Lipinski definition) is 0. The molecule has 0 aliphatic heterocycles. The first kappa shape index (κ1) is 14.5. The van der Waals surface area contributed by atoms with Gasteiger partial charge in [-0.25, -0.2) is 19.2 Å². The van der Waals surface area contributed by atoms with Gasteiger partial charge in [-0.15, -0.1) is 0 Å². The standard InChI is InChI=1S/C13H13ClFN3O2/c1-13(2,3)20-12(19)18-5-4-8(7-18)10-9(15)6-16-11(14)17-10/h4-7H,1-3H3. The number of rotatable bonds is 1. The first-order valence-electron chi connectivity index (χ1n) is 5.86. The van der Waals surface area contributed by atoms with Crippen LogP contribution >= 0.6 is 11.6 Å². The summed E-state index contributed by atoms with van der Waals surface area (Å²) in [5, 5.41) is -0.0635. The molecule has 2 aromatic rings. The minimum Gasteiger partial charge on any atom is -0.443 e. The van der Waals surface area contributed by atoms with E-state index in [1.165, 1.54) is 17.0 Å². The Morgan fingerprint density at radius 1 is 1.45 bits per heavy atom. The molecule has 2 heterocycles. The number of carbonyl (C=O) groups is 1. The summed E-state index contributed by atoms with van der Waals surface area (Å²) in [4.78, 5) is 19.2. The van der Waals surface area contributed by atoms with Crippen molar-refractivity contribution < 1.29 is 13.9 Å². The van der Waals surface area contributed by atoms with E-state index in [-0.39, 0.29) is 11.0 Å². The topological polar surface area (TPSA) is 57.0 Å². The average Bonchev–Trinajstić information content (AvgIpc) is 2.79. The second kappa shape index (κ2) is 5.20. The fraction of sp³-hybridized carbons (Fsp3) is 0.308. The van der Waals surface area contributed by atoms with Crippen LogP contribution in [0.2, 0.25) is 5.28 Å². The first-order valence-corrected chi connectivity index (χ1v) is 6.24. The van der Waals surface area contributed by atoms with Crippen LogP contribution in [0.15, 0.2) is 24.7 Å². The Balaban J connectivity index is 2.29. The molecule has 20 heavy (non-hydrogen) atoms. The second-order valence-corrected chi connectivity index (χ2v) is 5.46. The molecule has 0 N–H and O–H groups in total. The molecular formula is C13H13ClFN3O2. The SMILES string of the molecule is CC(C)(C)OC(=O)n1ccc(-c2nc(Cl)ncc2F)c1. The molecular weight excluding hydrogens is 285 g/mol. The molecule has 0 saturated heterocycles. The number of aromatic nitrogens is 3. The molecule has 2 aromatic heterocycles. The van der Waals surface area contributed by atoms with Gasteiger partial charge in [0.1, 0.15) is 11.3 Å². The van der Waals surface area contributed by atoms with Crippen molar-refractivity contribution in [2.45, 2.75) is 26.4 Å². The maximum Gasteiger partial charge on any atom is 0.418 e. The van der Waals surface area contributed by atoms with Gasteiger partial charge in [-0.2, -0.15) is 0 Å². The van der Waals surface area contributed by atoms with E-state index in [1.807, 2.05) is 0 Å². The minimum atomic E-state index is -0.615. The summed E-state index contributed by atoms with van der Waals surface area (Å²) in [5.41, 5.74) is -0.157. The monoisotopic (exact) mass is 297 g/mol. The maximum absolute atomic E-state index is 13.6. The lowest BCUT2D eigenvalue weighted by atomic mass is 10.2. The van der Waals surface area contributed by atoms with Crippen molar-refractivity contribution in [3.8, 4) is 11.3 Å². The van der Waals surface area contributed by atoms with Gasteiger partial charge >= 0.3 is 6.09 Å². The zero-order valence-electron chi connectivity index (χ0n) is 11.2. The number of halogens is 2. The fourth-order valence-electron chi connectivity index (χ4n) is 1.51. The van der Waals surface area contributed by atoms with Gasteiger partial charge in [0, 0.05) is 18.0 Å². The molecule has 7 heteroatoms. The first-order chi connectivity index (χ1) is 9.26. The number of hydrogen-bond acceptors (Lipinski definition) is 4. The third-order valence-corrected chi connectivity index (χ3v) is 2.47. The number of carbonyl (C=O) groups excluding carboxylic acids is 1. The van der Waals surface area contributed by atoms with E-state index in [0.717, 1.165) is 6.20 Å². The van der Waals surface area contributed by atoms with E-state index in [9.17, 15) is 9.18 Å². The molecule has 0 saturated carbocycles. The van der Waals surface area contributed by atoms with E-state index in [4.69, 9.17) is 16.3 Å². The van der Waals surface area contributed by atoms with Crippen molar-refractivity contribution in [1.82, 2.24) is 14.5 Å². The van der Waals surface area contributed by atoms with Gasteiger partial charge in [0.15, 0.2) is 5.82 Å². The molecule has 0 bridgehead atoms. The molecule has 0 fully saturated rings. The minimum absolute atomic E-state index is 0.0345. The number of ether oxygens (including phenoxy) is 1. The third kappa shape index (κ3) is 3.33. The fourth-order valence-corrected chi connectivity index (χ4v) is 1.65. The average molecular weight is 298 g/mol. The van der Waals surface area contributed by atoms with Crippen LogP contribution in [-0.4, -0.2) is 26.2 Å². The molecule has 5 nitrogen and oxygen atoms in total. The van der Waals surface area contributed by atoms with Crippen molar-refractivity contribution in [3.63, 3.8) is 0 Å². The van der Waals surface area contributed by atoms with Crippen LogP contribution in [0.1, 0.15) is 20.8 Å². The van der Waals surface area contributed by atoms with Crippen molar-refractivity contribution in [1.29, 1.82) is 0 Å². The van der Waals surface area contributed by atoms with Crippen molar-refractivity contribution in [2.75, 3.05) is 0 Å². The van der Waals surface area contributed by atoms with Gasteiger partial charge in [0.25, 0.3) is 0 Å². The Morgan fingerprint density at radius 3 is 2.80 bits per heavy atom. The summed E-state index contributed by atoms with van der Waals surface area (Å²) in [7, 11) is 0. The van der Waals surface area contributed by atoms with Gasteiger partial charge in [0.05, 0.1) is 6.20 Å². The Morgan fingerprint density at radius 2 is 2.15 bits per heavy atom. The van der Waals surface area contributed by atoms with Crippen LogP contribution in [0.5, 0.6) is 0 Å². The lowest BCUT2D eigenvalue weighted by Crippen LogP contribution is -2.26. The van der Waals surface area contributed by atoms with E-state index in [2.05, 4.69) is 9.97 Å². The van der Waals surface area contributed by atoms with Crippen molar-refractivity contribution >= 4 is 17.7 Å². The molecule has 0 aliphatic rings. The Hall–Kier alpha value is -1.95. The van der Waals surface area contributed by atoms with E-state index >= 15 is 0 Å². The molecule has 0 radical (unpaired) electrons. The summed E-state index contributed by atoms with van der Waals surface area (Å²) in [6.45, 7) is 5.29. The lowest BCUT2D eigenvalue weighted by molar-refractivity contribution is 0.0537. The van der Waals surface area contributed by atoms with Crippen LogP contribution < -0.4 is 0 Å². The molecule has 0 spiro atoms. The van der Waals surface area contributed by atoms with E-state index in [1.54, 1.807) is 26.8 Å². The Kier molecular flexibility index (Phi) is 3.76. The predicted molar refractivity (Wildman–Crippen MR) is 72.1 cm³/mol. The predicted octanol–water partition coefficient (Wildman–Crippen LogP) is 3.52. The zero-order valence-corrected chi connectivity index (χ0v) is 12.0. The van der Waals surface area contributed by atoms with Crippen LogP contribution in [-0.2, 0) is 4.74 Å². The van der Waals surface area contributed by atoms with Crippen molar-refractivity contribution in [2.24, 2.45) is 0 Å². The van der Waals surface area contributed by atoms with Crippen LogP contribution in [0, 0.1) is 5.82 Å². The normalized spacial score (nSPS) is 11.4. The molecule has 2 rings (SSSR count). The smallest absolute Gasteiger partial charge is 0.418 e. The van der Waals surface area contributed by atoms with Gasteiger partial charge < -0.3 is 4.74 Å². The summed E-state index contributed by atoms with van der Waals surface area (Å²) in [5.74, 6) is -0.615. The van der Waals surface area contributed by atoms with Crippen LogP contribution in [0.25, 0.3) is 11.3 Å². The van der Waals surface area contributed by atoms with Gasteiger partial charge in [-0.3, -0.25) is 4.57 Å². The maximum atomic E-state index is 13.6. The zero-order chi connectivity index (χ0) is 14.9. The highest BCUT2D eigenvalue weighted by Gasteiger charge is 2.18. The Labute approximate surface area is 120 Å². The third-order valence-electron chi connectivity index (χ3n) is 2.29. The summed E-state index contributed by atoms with van der Waals surface area (Å²) in [6, 6.07) is 1.55. The van der Waals surface area contributed by atoms with Gasteiger partial charge in [-0.05, 0) is 38.4 Å². The highest BCUT2D eigenvalue weighted by Crippen LogP contribution is 2.22. The molecule has 0 unspecified atom stereocenters. The Bertz CT molecular complexity index is 649. The molecule has 0 amide bonds. The van der Waals surface area contributed by atoms with Gasteiger partial charge in [-0.1, -0.05) is 0 Å². The summed E-state index contributed by atoms with van der Waals surface area (Å²) >= 11 is 5.64. The van der Waals surface area contributed by atoms with Crippen LogP contribution in [0.3, 0.4) is 0 Å². The molecule has 0 atom stereocenters. The van der Waals surface area contributed by atoms with Crippen LogP contribution in [0.4, 0.5) is 9.18 Å². The highest BCUT2D eigenvalue weighted by atomic mass is 35.5. The molecule has 0 aliphatic carbocycles. The molecule has 0 aromatic carbocycles. The number of nitrogens with zero attached hydrogens (tertiary/aromatic N) is 3. The van der Waals surface area contributed by atoms with E-state index in [0.29, 0.717) is 5.56 Å². The van der Waals surface area contributed by atoms with Crippen molar-refractivity contribution in [3.05, 3.63) is 35.8 Å². The highest BCUT2D eigenvalue weighted by molar-refractivity contribution is 6.28. The molecule has 106 valence electrons. The summed E-state index contributed by atoms with van der Waals surface area (Å²) < 4.78 is 20.0. The second-order valence-electron chi connectivity index (χ2n) is 5.12. The summed E-state index contributed by atoms with van der Waals surface area (Å²) in [6.07, 6.45) is 3.33. The largest absolute Gasteiger partial charge is 0.443 e. The van der Waals surface area contributed by atoms with Gasteiger partial charge in [0.2, 0.25) is 5.28 Å². The van der Waals surface area contributed by atoms with E-state index < -0.39 is 17.5 Å².